The van der Waals surface area contributed by atoms with Gasteiger partial charge in [0.2, 0.25) is 0 Å². The van der Waals surface area contributed by atoms with Crippen LogP contribution < -0.4 is 5.73 Å². The number of phenolic OH excluding ortho intramolecular Hbond substituents is 2. The highest BCUT2D eigenvalue weighted by Crippen LogP contribution is 2.28. The zero-order valence-electron chi connectivity index (χ0n) is 6.32. The molecule has 1 aromatic rings. The van der Waals surface area contributed by atoms with E-state index >= 15 is 0 Å². The summed E-state index contributed by atoms with van der Waals surface area (Å²) in [7, 11) is 0. The van der Waals surface area contributed by atoms with Crippen LogP contribution in [0.3, 0.4) is 0 Å². The summed E-state index contributed by atoms with van der Waals surface area (Å²) in [5.41, 5.74) is 5.83. The third kappa shape index (κ3) is 1.85. The van der Waals surface area contributed by atoms with Gasteiger partial charge in [0.25, 0.3) is 0 Å². The zero-order chi connectivity index (χ0) is 9.14. The first-order valence-corrected chi connectivity index (χ1v) is 3.80. The van der Waals surface area contributed by atoms with Gasteiger partial charge in [0.15, 0.2) is 11.5 Å². The lowest BCUT2D eigenvalue weighted by Crippen LogP contribution is -2.10. The third-order valence-electron chi connectivity index (χ3n) is 1.46. The van der Waals surface area contributed by atoms with Crippen molar-refractivity contribution in [1.29, 1.82) is 0 Å². The predicted octanol–water partition coefficient (Wildman–Crippen LogP) is 0.926. The number of hydrogen-bond acceptors (Lipinski definition) is 3. The Bertz CT molecular complexity index is 312. The average molecular weight is 183 g/mol. The summed E-state index contributed by atoms with van der Waals surface area (Å²) >= 11 is 4.67. The van der Waals surface area contributed by atoms with Gasteiger partial charge in [0, 0.05) is 12.0 Å². The number of phenols is 2. The molecule has 0 fully saturated rings. The Labute approximate surface area is 75.4 Å². The van der Waals surface area contributed by atoms with Gasteiger partial charge in [-0.1, -0.05) is 24.4 Å². The van der Waals surface area contributed by atoms with Crippen LogP contribution in [-0.4, -0.2) is 15.2 Å². The lowest BCUT2D eigenvalue weighted by Gasteiger charge is -2.03. The van der Waals surface area contributed by atoms with Crippen LogP contribution in [0, 0.1) is 0 Å². The predicted molar refractivity (Wildman–Crippen MR) is 50.3 cm³/mol. The Morgan fingerprint density at radius 3 is 2.67 bits per heavy atom. The Hall–Kier alpha value is -1.29. The van der Waals surface area contributed by atoms with E-state index in [0.717, 1.165) is 0 Å². The molecule has 4 N–H and O–H groups in total. The maximum absolute atomic E-state index is 9.28. The molecule has 0 aliphatic carbocycles. The number of hydrogen-bond donors (Lipinski definition) is 3. The largest absolute Gasteiger partial charge is 0.504 e. The fourth-order valence-electron chi connectivity index (χ4n) is 0.908. The van der Waals surface area contributed by atoms with Crippen LogP contribution in [0.5, 0.6) is 11.5 Å². The zero-order valence-corrected chi connectivity index (χ0v) is 7.14. The van der Waals surface area contributed by atoms with Gasteiger partial charge in [0.1, 0.15) is 0 Å². The smallest absolute Gasteiger partial charge is 0.161 e. The van der Waals surface area contributed by atoms with Crippen LogP contribution in [0.4, 0.5) is 0 Å². The summed E-state index contributed by atoms with van der Waals surface area (Å²) in [6, 6.07) is 4.69. The topological polar surface area (TPSA) is 66.5 Å². The molecule has 1 aromatic carbocycles. The standard InChI is InChI=1S/C8H9NO2S/c9-7(12)4-5-2-1-3-6(10)8(5)11/h1-3,10-11H,4H2,(H2,9,12). The van der Waals surface area contributed by atoms with Gasteiger partial charge in [0.05, 0.1) is 4.99 Å². The molecule has 4 heteroatoms. The van der Waals surface area contributed by atoms with Gasteiger partial charge in [-0.25, -0.2) is 0 Å². The van der Waals surface area contributed by atoms with Crippen molar-refractivity contribution >= 4 is 17.2 Å². The van der Waals surface area contributed by atoms with Crippen LogP contribution in [-0.2, 0) is 6.42 Å². The number of para-hydroxylation sites is 1. The second-order valence-corrected chi connectivity index (χ2v) is 2.95. The summed E-state index contributed by atoms with van der Waals surface area (Å²) in [4.78, 5) is 0.288. The fraction of sp³-hybridized carbons (Fsp3) is 0.125. The van der Waals surface area contributed by atoms with Crippen LogP contribution in [0.15, 0.2) is 18.2 Å². The van der Waals surface area contributed by atoms with E-state index in [0.29, 0.717) is 12.0 Å². The van der Waals surface area contributed by atoms with Gasteiger partial charge in [-0.2, -0.15) is 0 Å². The van der Waals surface area contributed by atoms with E-state index in [9.17, 15) is 5.11 Å². The van der Waals surface area contributed by atoms with Crippen molar-refractivity contribution in [2.24, 2.45) is 5.73 Å². The van der Waals surface area contributed by atoms with Crippen molar-refractivity contribution in [3.8, 4) is 11.5 Å². The number of aromatic hydroxyl groups is 2. The molecular weight excluding hydrogens is 174 g/mol. The monoisotopic (exact) mass is 183 g/mol. The Balaban J connectivity index is 3.00. The quantitative estimate of drug-likeness (QED) is 0.471. The minimum absolute atomic E-state index is 0.148. The highest BCUT2D eigenvalue weighted by atomic mass is 32.1. The summed E-state index contributed by atoms with van der Waals surface area (Å²) in [5.74, 6) is -0.297. The SMILES string of the molecule is NC(=S)Cc1cccc(O)c1O. The van der Waals surface area contributed by atoms with Crippen molar-refractivity contribution in [1.82, 2.24) is 0 Å². The van der Waals surface area contributed by atoms with Crippen molar-refractivity contribution in [2.45, 2.75) is 6.42 Å². The van der Waals surface area contributed by atoms with Crippen LogP contribution in [0.1, 0.15) is 5.56 Å². The molecule has 0 heterocycles. The Morgan fingerprint density at radius 1 is 1.42 bits per heavy atom. The first-order chi connectivity index (χ1) is 5.61. The first-order valence-electron chi connectivity index (χ1n) is 3.39. The second-order valence-electron chi connectivity index (χ2n) is 2.43. The van der Waals surface area contributed by atoms with Gasteiger partial charge in [-0.3, -0.25) is 0 Å². The van der Waals surface area contributed by atoms with Crippen LogP contribution in [0.25, 0.3) is 0 Å². The van der Waals surface area contributed by atoms with E-state index < -0.39 is 0 Å². The van der Waals surface area contributed by atoms with Crippen LogP contribution >= 0.6 is 12.2 Å². The molecular formula is C8H9NO2S. The average Bonchev–Trinajstić information content (AvgIpc) is 1.98. The summed E-state index contributed by atoms with van der Waals surface area (Å²) < 4.78 is 0. The normalized spacial score (nSPS) is 9.67. The number of nitrogens with two attached hydrogens (primary N) is 1. The molecule has 0 unspecified atom stereocenters. The van der Waals surface area contributed by atoms with Crippen LogP contribution in [0.2, 0.25) is 0 Å². The van der Waals surface area contributed by atoms with Crippen molar-refractivity contribution in [3.05, 3.63) is 23.8 Å². The number of rotatable bonds is 2. The molecule has 0 amide bonds. The highest BCUT2D eigenvalue weighted by molar-refractivity contribution is 7.80. The van der Waals surface area contributed by atoms with E-state index in [2.05, 4.69) is 12.2 Å². The molecule has 0 aromatic heterocycles. The molecule has 0 spiro atoms. The van der Waals surface area contributed by atoms with E-state index in [-0.39, 0.29) is 16.5 Å². The molecule has 64 valence electrons. The van der Waals surface area contributed by atoms with E-state index in [1.807, 2.05) is 0 Å². The molecule has 0 aliphatic heterocycles. The molecule has 12 heavy (non-hydrogen) atoms. The molecule has 1 rings (SSSR count). The maximum Gasteiger partial charge on any atom is 0.161 e. The minimum atomic E-state index is -0.149. The first kappa shape index (κ1) is 8.80. The second kappa shape index (κ2) is 3.40. The number of benzene rings is 1. The minimum Gasteiger partial charge on any atom is -0.504 e. The molecule has 0 radical (unpaired) electrons. The Kier molecular flexibility index (Phi) is 2.50. The van der Waals surface area contributed by atoms with Gasteiger partial charge in [-0.15, -0.1) is 0 Å². The maximum atomic E-state index is 9.28. The number of thiocarbonyl (C=S) groups is 1. The van der Waals surface area contributed by atoms with E-state index in [4.69, 9.17) is 10.8 Å². The van der Waals surface area contributed by atoms with Gasteiger partial charge >= 0.3 is 0 Å². The van der Waals surface area contributed by atoms with Crippen molar-refractivity contribution in [3.63, 3.8) is 0 Å². The fourth-order valence-corrected chi connectivity index (χ4v) is 1.06. The molecule has 3 nitrogen and oxygen atoms in total. The van der Waals surface area contributed by atoms with Gasteiger partial charge in [-0.05, 0) is 6.07 Å². The Morgan fingerprint density at radius 2 is 2.08 bits per heavy atom. The lowest BCUT2D eigenvalue weighted by molar-refractivity contribution is 0.400. The molecule has 0 bridgehead atoms. The van der Waals surface area contributed by atoms with Crippen molar-refractivity contribution < 1.29 is 10.2 Å². The summed E-state index contributed by atoms with van der Waals surface area (Å²) in [5, 5.41) is 18.4. The highest BCUT2D eigenvalue weighted by Gasteiger charge is 2.05. The van der Waals surface area contributed by atoms with Gasteiger partial charge < -0.3 is 15.9 Å². The molecule has 0 saturated carbocycles. The lowest BCUT2D eigenvalue weighted by atomic mass is 10.1. The summed E-state index contributed by atoms with van der Waals surface area (Å²) in [6.45, 7) is 0. The molecule has 0 aliphatic rings. The van der Waals surface area contributed by atoms with E-state index in [1.165, 1.54) is 6.07 Å². The third-order valence-corrected chi connectivity index (χ3v) is 1.61. The summed E-state index contributed by atoms with van der Waals surface area (Å²) in [6.07, 6.45) is 0.301. The van der Waals surface area contributed by atoms with Crippen molar-refractivity contribution in [2.75, 3.05) is 0 Å². The van der Waals surface area contributed by atoms with E-state index in [1.54, 1.807) is 12.1 Å². The molecule has 0 saturated heterocycles. The molecule has 0 atom stereocenters.